The van der Waals surface area contributed by atoms with Gasteiger partial charge in [-0.15, -0.1) is 0 Å². The van der Waals surface area contributed by atoms with Crippen molar-refractivity contribution in [1.29, 1.82) is 0 Å². The minimum absolute atomic E-state index is 0.0255. The molecule has 0 unspecified atom stereocenters. The van der Waals surface area contributed by atoms with E-state index < -0.39 is 28.1 Å². The molecule has 24 heavy (non-hydrogen) atoms. The molecule has 6 nitrogen and oxygen atoms in total. The van der Waals surface area contributed by atoms with E-state index in [0.29, 0.717) is 5.57 Å². The highest BCUT2D eigenvalue weighted by molar-refractivity contribution is 7.89. The van der Waals surface area contributed by atoms with Gasteiger partial charge in [0, 0.05) is 0 Å². The van der Waals surface area contributed by atoms with Gasteiger partial charge in [0.1, 0.15) is 6.10 Å². The third-order valence-corrected chi connectivity index (χ3v) is 4.36. The molecular weight excluding hydrogens is 330 g/mol. The van der Waals surface area contributed by atoms with Gasteiger partial charge in [-0.3, -0.25) is 4.79 Å². The second-order valence-electron chi connectivity index (χ2n) is 5.16. The summed E-state index contributed by atoms with van der Waals surface area (Å²) < 4.78 is 31.8. The van der Waals surface area contributed by atoms with Gasteiger partial charge in [-0.2, -0.15) is 4.72 Å². The van der Waals surface area contributed by atoms with Crippen LogP contribution in [0.5, 0.6) is 0 Å². The van der Waals surface area contributed by atoms with Crippen molar-refractivity contribution in [2.75, 3.05) is 6.61 Å². The first-order valence-corrected chi connectivity index (χ1v) is 8.76. The molecule has 0 aliphatic rings. The largest absolute Gasteiger partial charge is 0.465 e. The molecule has 0 aliphatic heterocycles. The van der Waals surface area contributed by atoms with E-state index in [1.807, 2.05) is 6.92 Å². The molecule has 0 amide bonds. The van der Waals surface area contributed by atoms with Crippen LogP contribution in [-0.2, 0) is 19.6 Å². The summed E-state index contributed by atoms with van der Waals surface area (Å²) in [5.41, 5.74) is 1.36. The molecule has 2 atom stereocenters. The third-order valence-electron chi connectivity index (χ3n) is 2.90. The number of benzene rings is 1. The Kier molecular flexibility index (Phi) is 7.17. The van der Waals surface area contributed by atoms with Crippen molar-refractivity contribution < 1.29 is 23.1 Å². The molecule has 0 spiro atoms. The molecule has 0 aliphatic carbocycles. The predicted octanol–water partition coefficient (Wildman–Crippen LogP) is 1.15. The first-order chi connectivity index (χ1) is 11.2. The van der Waals surface area contributed by atoms with Crippen LogP contribution in [0.25, 0.3) is 0 Å². The van der Waals surface area contributed by atoms with Gasteiger partial charge in [0.25, 0.3) is 0 Å². The number of carbonyl (C=O) groups is 1. The molecule has 0 aromatic heterocycles. The van der Waals surface area contributed by atoms with E-state index in [1.54, 1.807) is 26.0 Å². The first kappa shape index (κ1) is 19.9. The molecule has 7 heteroatoms. The third kappa shape index (κ3) is 5.81. The van der Waals surface area contributed by atoms with Crippen molar-refractivity contribution in [2.45, 2.75) is 37.8 Å². The highest BCUT2D eigenvalue weighted by Crippen LogP contribution is 2.12. The second-order valence-corrected chi connectivity index (χ2v) is 6.87. The summed E-state index contributed by atoms with van der Waals surface area (Å²) in [5.74, 6) is 4.00. The van der Waals surface area contributed by atoms with Crippen molar-refractivity contribution in [2.24, 2.45) is 0 Å². The summed E-state index contributed by atoms with van der Waals surface area (Å²) in [4.78, 5) is 12.0. The molecule has 0 radical (unpaired) electrons. The Morgan fingerprint density at radius 2 is 1.96 bits per heavy atom. The van der Waals surface area contributed by atoms with Crippen molar-refractivity contribution >= 4 is 16.0 Å². The zero-order valence-electron chi connectivity index (χ0n) is 13.9. The fourth-order valence-electron chi connectivity index (χ4n) is 1.71. The molecule has 0 heterocycles. The summed E-state index contributed by atoms with van der Waals surface area (Å²) in [6.45, 7) is 8.62. The standard InChI is InChI=1S/C17H21NO5S/c1-5-23-17(20)16(15(19)11-6-12(2)3)18-24(21,22)14-9-7-13(4)8-10-14/h7-10,15-16,18-19H,2,5H2,1,3-4H3/t15-,16-/m0/s1. The number of aliphatic hydroxyl groups excluding tert-OH is 1. The average Bonchev–Trinajstić information content (AvgIpc) is 2.51. The summed E-state index contributed by atoms with van der Waals surface area (Å²) >= 11 is 0. The van der Waals surface area contributed by atoms with Gasteiger partial charge in [0.2, 0.25) is 10.0 Å². The van der Waals surface area contributed by atoms with Gasteiger partial charge in [-0.05, 0) is 38.5 Å². The topological polar surface area (TPSA) is 92.7 Å². The fraction of sp³-hybridized carbons (Fsp3) is 0.353. The number of hydrogen-bond acceptors (Lipinski definition) is 5. The Labute approximate surface area is 142 Å². The van der Waals surface area contributed by atoms with E-state index in [1.165, 1.54) is 12.1 Å². The molecule has 1 rings (SSSR count). The van der Waals surface area contributed by atoms with Gasteiger partial charge < -0.3 is 9.84 Å². The van der Waals surface area contributed by atoms with Crippen LogP contribution in [0, 0.1) is 18.8 Å². The maximum absolute atomic E-state index is 12.4. The number of allylic oxidation sites excluding steroid dienone is 1. The molecule has 1 aromatic rings. The fourth-order valence-corrected chi connectivity index (χ4v) is 2.90. The van der Waals surface area contributed by atoms with Crippen molar-refractivity contribution in [1.82, 2.24) is 4.72 Å². The number of aliphatic hydroxyl groups is 1. The van der Waals surface area contributed by atoms with Crippen molar-refractivity contribution in [3.63, 3.8) is 0 Å². The van der Waals surface area contributed by atoms with Crippen LogP contribution in [0.3, 0.4) is 0 Å². The van der Waals surface area contributed by atoms with E-state index in [4.69, 9.17) is 4.74 Å². The minimum atomic E-state index is -4.02. The number of aryl methyl sites for hydroxylation is 1. The molecular formula is C17H21NO5S. The predicted molar refractivity (Wildman–Crippen MR) is 90.5 cm³/mol. The van der Waals surface area contributed by atoms with E-state index in [9.17, 15) is 18.3 Å². The van der Waals surface area contributed by atoms with E-state index in [0.717, 1.165) is 5.56 Å². The van der Waals surface area contributed by atoms with Crippen LogP contribution in [0.15, 0.2) is 41.3 Å². The van der Waals surface area contributed by atoms with Gasteiger partial charge >= 0.3 is 5.97 Å². The van der Waals surface area contributed by atoms with Gasteiger partial charge in [0.15, 0.2) is 6.04 Å². The van der Waals surface area contributed by atoms with Crippen molar-refractivity contribution in [3.05, 3.63) is 42.0 Å². The lowest BCUT2D eigenvalue weighted by atomic mass is 10.1. The van der Waals surface area contributed by atoms with Crippen LogP contribution < -0.4 is 4.72 Å². The normalized spacial score (nSPS) is 13.3. The Morgan fingerprint density at radius 3 is 2.46 bits per heavy atom. The first-order valence-electron chi connectivity index (χ1n) is 7.28. The lowest BCUT2D eigenvalue weighted by molar-refractivity contribution is -0.147. The molecule has 0 saturated heterocycles. The Bertz CT molecular complexity index is 756. The number of hydrogen-bond donors (Lipinski definition) is 2. The number of esters is 1. The summed E-state index contributed by atoms with van der Waals surface area (Å²) in [5, 5.41) is 10.1. The summed E-state index contributed by atoms with van der Waals surface area (Å²) in [6.07, 6.45) is -1.57. The zero-order valence-corrected chi connectivity index (χ0v) is 14.7. The smallest absolute Gasteiger partial charge is 0.327 e. The Morgan fingerprint density at radius 1 is 1.38 bits per heavy atom. The Balaban J connectivity index is 3.11. The van der Waals surface area contributed by atoms with E-state index in [2.05, 4.69) is 23.1 Å². The van der Waals surface area contributed by atoms with E-state index in [-0.39, 0.29) is 11.5 Å². The van der Waals surface area contributed by atoms with Crippen LogP contribution in [0.4, 0.5) is 0 Å². The number of carbonyl (C=O) groups excluding carboxylic acids is 1. The van der Waals surface area contributed by atoms with Gasteiger partial charge in [-0.1, -0.05) is 36.1 Å². The van der Waals surface area contributed by atoms with Gasteiger partial charge in [-0.25, -0.2) is 8.42 Å². The molecule has 130 valence electrons. The highest BCUT2D eigenvalue weighted by Gasteiger charge is 2.32. The van der Waals surface area contributed by atoms with Crippen LogP contribution in [0.2, 0.25) is 0 Å². The minimum Gasteiger partial charge on any atom is -0.465 e. The van der Waals surface area contributed by atoms with Crippen LogP contribution in [0.1, 0.15) is 19.4 Å². The zero-order chi connectivity index (χ0) is 18.3. The summed E-state index contributed by atoms with van der Waals surface area (Å²) in [6, 6.07) is 4.54. The molecule has 2 N–H and O–H groups in total. The molecule has 0 saturated carbocycles. The van der Waals surface area contributed by atoms with Crippen LogP contribution in [-0.4, -0.2) is 38.2 Å². The number of nitrogens with one attached hydrogen (secondary N) is 1. The molecule has 0 fully saturated rings. The molecule has 0 bridgehead atoms. The van der Waals surface area contributed by atoms with E-state index >= 15 is 0 Å². The lowest BCUT2D eigenvalue weighted by Gasteiger charge is -2.19. The molecule has 1 aromatic carbocycles. The highest BCUT2D eigenvalue weighted by atomic mass is 32.2. The maximum atomic E-state index is 12.4. The summed E-state index contributed by atoms with van der Waals surface area (Å²) in [7, 11) is -4.02. The van der Waals surface area contributed by atoms with Crippen LogP contribution >= 0.6 is 0 Å². The monoisotopic (exact) mass is 351 g/mol. The lowest BCUT2D eigenvalue weighted by Crippen LogP contribution is -2.49. The Hall–Kier alpha value is -2.14. The SMILES string of the molecule is C=C(C)C#C[C@H](O)[C@H](NS(=O)(=O)c1ccc(C)cc1)C(=O)OCC. The number of sulfonamides is 1. The maximum Gasteiger partial charge on any atom is 0.327 e. The van der Waals surface area contributed by atoms with Gasteiger partial charge in [0.05, 0.1) is 11.5 Å². The quantitative estimate of drug-likeness (QED) is 0.592. The average molecular weight is 351 g/mol. The number of rotatable bonds is 6. The number of ether oxygens (including phenoxy) is 1. The van der Waals surface area contributed by atoms with Crippen molar-refractivity contribution in [3.8, 4) is 11.8 Å². The second kappa shape index (κ2) is 8.64.